The summed E-state index contributed by atoms with van der Waals surface area (Å²) in [7, 11) is 0. The van der Waals surface area contributed by atoms with Crippen molar-refractivity contribution in [2.45, 2.75) is 47.0 Å². The summed E-state index contributed by atoms with van der Waals surface area (Å²) in [4.78, 5) is 11.9. The van der Waals surface area contributed by atoms with Crippen LogP contribution in [0.3, 0.4) is 0 Å². The lowest BCUT2D eigenvalue weighted by atomic mass is 9.89. The summed E-state index contributed by atoms with van der Waals surface area (Å²) < 4.78 is 5.62. The molecule has 1 aromatic carbocycles. The van der Waals surface area contributed by atoms with Crippen LogP contribution in [0.5, 0.6) is 5.75 Å². The van der Waals surface area contributed by atoms with E-state index < -0.39 is 0 Å². The molecule has 0 bridgehead atoms. The molecular formula is C17H27NO2. The molecule has 0 heterocycles. The molecule has 0 saturated carbocycles. The van der Waals surface area contributed by atoms with Crippen LogP contribution in [0.1, 0.15) is 52.5 Å². The van der Waals surface area contributed by atoms with Gasteiger partial charge in [-0.05, 0) is 30.0 Å². The van der Waals surface area contributed by atoms with E-state index in [0.717, 1.165) is 12.2 Å². The second-order valence-corrected chi connectivity index (χ2v) is 6.07. The Balaban J connectivity index is 2.33. The molecule has 0 fully saturated rings. The van der Waals surface area contributed by atoms with E-state index in [4.69, 9.17) is 4.74 Å². The van der Waals surface area contributed by atoms with Crippen LogP contribution in [0, 0.1) is 5.41 Å². The number of hydrogen-bond donors (Lipinski definition) is 1. The largest absolute Gasteiger partial charge is 0.492 e. The standard InChI is InChI=1S/C17H27NO2/c1-6-17(4,5)16(19)18-11-12-20-15-9-7-14(8-10-15)13(2)3/h7-10,13H,6,11-12H2,1-5H3,(H,18,19). The maximum absolute atomic E-state index is 11.9. The molecular weight excluding hydrogens is 250 g/mol. The van der Waals surface area contributed by atoms with Crippen molar-refractivity contribution in [2.75, 3.05) is 13.2 Å². The first kappa shape index (κ1) is 16.5. The molecule has 0 saturated heterocycles. The molecule has 1 rings (SSSR count). The van der Waals surface area contributed by atoms with Crippen LogP contribution >= 0.6 is 0 Å². The van der Waals surface area contributed by atoms with Gasteiger partial charge in [-0.25, -0.2) is 0 Å². The minimum absolute atomic E-state index is 0.0822. The zero-order valence-electron chi connectivity index (χ0n) is 13.3. The summed E-state index contributed by atoms with van der Waals surface area (Å²) in [5.41, 5.74) is 0.995. The SMILES string of the molecule is CCC(C)(C)C(=O)NCCOc1ccc(C(C)C)cc1. The lowest BCUT2D eigenvalue weighted by molar-refractivity contribution is -0.129. The third-order valence-corrected chi connectivity index (χ3v) is 3.70. The summed E-state index contributed by atoms with van der Waals surface area (Å²) in [6.07, 6.45) is 0.830. The molecule has 20 heavy (non-hydrogen) atoms. The van der Waals surface area contributed by atoms with E-state index in [2.05, 4.69) is 31.3 Å². The van der Waals surface area contributed by atoms with Gasteiger partial charge in [0.2, 0.25) is 5.91 Å². The third-order valence-electron chi connectivity index (χ3n) is 3.70. The summed E-state index contributed by atoms with van der Waals surface area (Å²) in [5.74, 6) is 1.46. The Kier molecular flexibility index (Phi) is 6.05. The van der Waals surface area contributed by atoms with Gasteiger partial charge in [0.25, 0.3) is 0 Å². The Labute approximate surface area is 122 Å². The predicted molar refractivity (Wildman–Crippen MR) is 83.1 cm³/mol. The molecule has 0 aliphatic heterocycles. The van der Waals surface area contributed by atoms with Crippen molar-refractivity contribution in [1.29, 1.82) is 0 Å². The molecule has 3 heteroatoms. The van der Waals surface area contributed by atoms with Crippen LogP contribution in [-0.4, -0.2) is 19.1 Å². The van der Waals surface area contributed by atoms with Crippen LogP contribution in [0.2, 0.25) is 0 Å². The van der Waals surface area contributed by atoms with Crippen molar-refractivity contribution >= 4 is 5.91 Å². The Morgan fingerprint density at radius 1 is 1.25 bits per heavy atom. The highest BCUT2D eigenvalue weighted by molar-refractivity contribution is 5.81. The summed E-state index contributed by atoms with van der Waals surface area (Å²) in [6.45, 7) is 11.3. The summed E-state index contributed by atoms with van der Waals surface area (Å²) in [6, 6.07) is 8.12. The number of hydrogen-bond acceptors (Lipinski definition) is 2. The average molecular weight is 277 g/mol. The Hall–Kier alpha value is -1.51. The van der Waals surface area contributed by atoms with Crippen molar-refractivity contribution in [3.05, 3.63) is 29.8 Å². The fourth-order valence-corrected chi connectivity index (χ4v) is 1.68. The maximum Gasteiger partial charge on any atom is 0.225 e. The van der Waals surface area contributed by atoms with Gasteiger partial charge in [0.15, 0.2) is 0 Å². The number of carbonyl (C=O) groups is 1. The summed E-state index contributed by atoms with van der Waals surface area (Å²) >= 11 is 0. The monoisotopic (exact) mass is 277 g/mol. The fraction of sp³-hybridized carbons (Fsp3) is 0.588. The molecule has 1 N–H and O–H groups in total. The zero-order chi connectivity index (χ0) is 15.2. The van der Waals surface area contributed by atoms with Crippen molar-refractivity contribution in [3.63, 3.8) is 0 Å². The van der Waals surface area contributed by atoms with E-state index in [-0.39, 0.29) is 11.3 Å². The highest BCUT2D eigenvalue weighted by Gasteiger charge is 2.24. The first-order valence-electron chi connectivity index (χ1n) is 7.38. The minimum atomic E-state index is -0.307. The van der Waals surface area contributed by atoms with Gasteiger partial charge in [-0.3, -0.25) is 4.79 Å². The second-order valence-electron chi connectivity index (χ2n) is 6.07. The molecule has 112 valence electrons. The topological polar surface area (TPSA) is 38.3 Å². The molecule has 0 unspecified atom stereocenters. The molecule has 0 radical (unpaired) electrons. The highest BCUT2D eigenvalue weighted by Crippen LogP contribution is 2.20. The van der Waals surface area contributed by atoms with Gasteiger partial charge < -0.3 is 10.1 Å². The molecule has 1 amide bonds. The molecule has 0 aliphatic carbocycles. The van der Waals surface area contributed by atoms with Crippen LogP contribution in [0.25, 0.3) is 0 Å². The van der Waals surface area contributed by atoms with E-state index in [0.29, 0.717) is 19.1 Å². The summed E-state index contributed by atoms with van der Waals surface area (Å²) in [5, 5.41) is 2.91. The van der Waals surface area contributed by atoms with Gasteiger partial charge in [0, 0.05) is 5.41 Å². The van der Waals surface area contributed by atoms with Crippen LogP contribution < -0.4 is 10.1 Å². The molecule has 0 aliphatic rings. The van der Waals surface area contributed by atoms with Crippen molar-refractivity contribution in [2.24, 2.45) is 5.41 Å². The smallest absolute Gasteiger partial charge is 0.225 e. The minimum Gasteiger partial charge on any atom is -0.492 e. The Bertz CT molecular complexity index is 421. The third kappa shape index (κ3) is 4.87. The van der Waals surface area contributed by atoms with Gasteiger partial charge in [-0.1, -0.05) is 46.8 Å². The number of rotatable bonds is 7. The number of carbonyl (C=O) groups excluding carboxylic acids is 1. The molecule has 1 aromatic rings. The average Bonchev–Trinajstić information content (AvgIpc) is 2.43. The lowest BCUT2D eigenvalue weighted by Gasteiger charge is -2.21. The number of nitrogens with one attached hydrogen (secondary N) is 1. The predicted octanol–water partition coefficient (Wildman–Crippen LogP) is 3.74. The first-order valence-corrected chi connectivity index (χ1v) is 7.38. The number of benzene rings is 1. The van der Waals surface area contributed by atoms with E-state index in [1.165, 1.54) is 5.56 Å². The normalized spacial score (nSPS) is 11.5. The van der Waals surface area contributed by atoms with E-state index in [1.54, 1.807) is 0 Å². The van der Waals surface area contributed by atoms with Gasteiger partial charge >= 0.3 is 0 Å². The van der Waals surface area contributed by atoms with Crippen LogP contribution in [0.15, 0.2) is 24.3 Å². The van der Waals surface area contributed by atoms with Gasteiger partial charge in [0.1, 0.15) is 12.4 Å². The van der Waals surface area contributed by atoms with Crippen LogP contribution in [0.4, 0.5) is 0 Å². The number of ether oxygens (including phenoxy) is 1. The molecule has 0 atom stereocenters. The molecule has 3 nitrogen and oxygen atoms in total. The fourth-order valence-electron chi connectivity index (χ4n) is 1.68. The zero-order valence-corrected chi connectivity index (χ0v) is 13.3. The quantitative estimate of drug-likeness (QED) is 0.771. The van der Waals surface area contributed by atoms with E-state index >= 15 is 0 Å². The highest BCUT2D eigenvalue weighted by atomic mass is 16.5. The van der Waals surface area contributed by atoms with Gasteiger partial charge in [0.05, 0.1) is 6.54 Å². The second kappa shape index (κ2) is 7.32. The van der Waals surface area contributed by atoms with E-state index in [1.807, 2.05) is 32.9 Å². The van der Waals surface area contributed by atoms with Crippen molar-refractivity contribution in [3.8, 4) is 5.75 Å². The van der Waals surface area contributed by atoms with E-state index in [9.17, 15) is 4.79 Å². The maximum atomic E-state index is 11.9. The van der Waals surface area contributed by atoms with Crippen LogP contribution in [-0.2, 0) is 4.79 Å². The molecule has 0 spiro atoms. The molecule has 0 aromatic heterocycles. The first-order chi connectivity index (χ1) is 9.36. The number of amides is 1. The van der Waals surface area contributed by atoms with Gasteiger partial charge in [-0.2, -0.15) is 0 Å². The van der Waals surface area contributed by atoms with Crippen molar-refractivity contribution < 1.29 is 9.53 Å². The Morgan fingerprint density at radius 3 is 2.35 bits per heavy atom. The lowest BCUT2D eigenvalue weighted by Crippen LogP contribution is -2.38. The Morgan fingerprint density at radius 2 is 1.85 bits per heavy atom. The van der Waals surface area contributed by atoms with Crippen molar-refractivity contribution in [1.82, 2.24) is 5.32 Å². The van der Waals surface area contributed by atoms with Gasteiger partial charge in [-0.15, -0.1) is 0 Å².